The van der Waals surface area contributed by atoms with Crippen LogP contribution in [0.4, 0.5) is 0 Å². The first-order valence-electron chi connectivity index (χ1n) is 4.11. The van der Waals surface area contributed by atoms with Gasteiger partial charge in [-0.25, -0.2) is 0 Å². The summed E-state index contributed by atoms with van der Waals surface area (Å²) >= 11 is 0. The highest BCUT2D eigenvalue weighted by molar-refractivity contribution is 5.77. The third-order valence-electron chi connectivity index (χ3n) is 1.77. The van der Waals surface area contributed by atoms with E-state index in [1.807, 2.05) is 0 Å². The molecule has 0 aromatic carbocycles. The lowest BCUT2D eigenvalue weighted by molar-refractivity contribution is -0.129. The van der Waals surface area contributed by atoms with Gasteiger partial charge < -0.3 is 14.4 Å². The molecular formula is C9H13NO3. The molecule has 1 aromatic heterocycles. The van der Waals surface area contributed by atoms with Crippen LogP contribution in [-0.2, 0) is 11.2 Å². The number of hydrogen-bond acceptors (Lipinski definition) is 3. The third-order valence-corrected chi connectivity index (χ3v) is 1.77. The summed E-state index contributed by atoms with van der Waals surface area (Å²) in [5.74, 6) is 0.596. The molecule has 0 aliphatic heterocycles. The molecule has 0 radical (unpaired) electrons. The SMILES string of the molecule is CN(CCO)C(=O)Cc1ccco1. The Bertz CT molecular complexity index is 256. The maximum Gasteiger partial charge on any atom is 0.230 e. The summed E-state index contributed by atoms with van der Waals surface area (Å²) in [7, 11) is 1.65. The van der Waals surface area contributed by atoms with Crippen molar-refractivity contribution in [2.45, 2.75) is 6.42 Å². The molecule has 0 saturated carbocycles. The van der Waals surface area contributed by atoms with E-state index in [0.717, 1.165) is 0 Å². The molecule has 0 saturated heterocycles. The first-order valence-corrected chi connectivity index (χ1v) is 4.11. The summed E-state index contributed by atoms with van der Waals surface area (Å²) in [5, 5.41) is 8.59. The quantitative estimate of drug-likeness (QED) is 0.729. The van der Waals surface area contributed by atoms with Gasteiger partial charge in [-0.2, -0.15) is 0 Å². The van der Waals surface area contributed by atoms with Crippen molar-refractivity contribution in [3.8, 4) is 0 Å². The molecule has 1 heterocycles. The molecule has 0 unspecified atom stereocenters. The van der Waals surface area contributed by atoms with E-state index >= 15 is 0 Å². The third kappa shape index (κ3) is 2.91. The Kier molecular flexibility index (Phi) is 3.52. The molecule has 0 spiro atoms. The molecule has 0 aliphatic carbocycles. The van der Waals surface area contributed by atoms with Gasteiger partial charge in [0.05, 0.1) is 19.3 Å². The van der Waals surface area contributed by atoms with Gasteiger partial charge in [-0.1, -0.05) is 0 Å². The van der Waals surface area contributed by atoms with Crippen LogP contribution in [0.25, 0.3) is 0 Å². The highest BCUT2D eigenvalue weighted by atomic mass is 16.3. The average molecular weight is 183 g/mol. The maximum atomic E-state index is 11.4. The molecule has 0 bridgehead atoms. The number of likely N-dealkylation sites (N-methyl/N-ethyl adjacent to an activating group) is 1. The molecule has 1 aromatic rings. The summed E-state index contributed by atoms with van der Waals surface area (Å²) in [4.78, 5) is 12.8. The van der Waals surface area contributed by atoms with Gasteiger partial charge >= 0.3 is 0 Å². The van der Waals surface area contributed by atoms with E-state index in [9.17, 15) is 4.79 Å². The smallest absolute Gasteiger partial charge is 0.230 e. The normalized spacial score (nSPS) is 10.0. The molecule has 4 nitrogen and oxygen atoms in total. The molecule has 0 fully saturated rings. The zero-order chi connectivity index (χ0) is 9.68. The monoisotopic (exact) mass is 183 g/mol. The van der Waals surface area contributed by atoms with Gasteiger partial charge in [-0.05, 0) is 12.1 Å². The fourth-order valence-electron chi connectivity index (χ4n) is 0.972. The second-order valence-corrected chi connectivity index (χ2v) is 2.80. The predicted octanol–water partition coefficient (Wildman–Crippen LogP) is 0.273. The lowest BCUT2D eigenvalue weighted by atomic mass is 10.3. The van der Waals surface area contributed by atoms with Gasteiger partial charge in [0.25, 0.3) is 0 Å². The average Bonchev–Trinajstić information content (AvgIpc) is 2.57. The zero-order valence-electron chi connectivity index (χ0n) is 7.56. The molecular weight excluding hydrogens is 170 g/mol. The van der Waals surface area contributed by atoms with Crippen molar-refractivity contribution in [1.82, 2.24) is 4.90 Å². The van der Waals surface area contributed by atoms with Crippen molar-refractivity contribution in [3.05, 3.63) is 24.2 Å². The largest absolute Gasteiger partial charge is 0.469 e. The van der Waals surface area contributed by atoms with E-state index in [1.54, 1.807) is 19.2 Å². The lowest BCUT2D eigenvalue weighted by Gasteiger charge is -2.14. The van der Waals surface area contributed by atoms with Gasteiger partial charge in [0, 0.05) is 13.6 Å². The van der Waals surface area contributed by atoms with E-state index in [0.29, 0.717) is 12.3 Å². The summed E-state index contributed by atoms with van der Waals surface area (Å²) in [6.45, 7) is 0.347. The Morgan fingerprint density at radius 3 is 3.00 bits per heavy atom. The molecule has 1 amide bonds. The zero-order valence-corrected chi connectivity index (χ0v) is 7.56. The van der Waals surface area contributed by atoms with E-state index < -0.39 is 0 Å². The van der Waals surface area contributed by atoms with Crippen LogP contribution in [0.2, 0.25) is 0 Å². The number of carbonyl (C=O) groups is 1. The van der Waals surface area contributed by atoms with Crippen LogP contribution in [0.1, 0.15) is 5.76 Å². The number of carbonyl (C=O) groups excluding carboxylic acids is 1. The highest BCUT2D eigenvalue weighted by Crippen LogP contribution is 2.02. The summed E-state index contributed by atoms with van der Waals surface area (Å²) < 4.78 is 5.02. The standard InChI is InChI=1S/C9H13NO3/c1-10(4-5-11)9(12)7-8-3-2-6-13-8/h2-3,6,11H,4-5,7H2,1H3. The summed E-state index contributed by atoms with van der Waals surface area (Å²) in [6, 6.07) is 3.50. The van der Waals surface area contributed by atoms with E-state index in [1.165, 1.54) is 11.2 Å². The predicted molar refractivity (Wildman–Crippen MR) is 47.1 cm³/mol. The molecule has 4 heteroatoms. The van der Waals surface area contributed by atoms with Crippen LogP contribution in [0.3, 0.4) is 0 Å². The number of amides is 1. The second-order valence-electron chi connectivity index (χ2n) is 2.80. The molecule has 13 heavy (non-hydrogen) atoms. The minimum Gasteiger partial charge on any atom is -0.469 e. The van der Waals surface area contributed by atoms with Gasteiger partial charge in [0.15, 0.2) is 0 Å². The Morgan fingerprint density at radius 2 is 2.46 bits per heavy atom. The van der Waals surface area contributed by atoms with Crippen LogP contribution in [0, 0.1) is 0 Å². The first-order chi connectivity index (χ1) is 6.24. The van der Waals surface area contributed by atoms with Crippen molar-refractivity contribution in [1.29, 1.82) is 0 Å². The van der Waals surface area contributed by atoms with Gasteiger partial charge in [-0.3, -0.25) is 4.79 Å². The Hall–Kier alpha value is -1.29. The van der Waals surface area contributed by atoms with E-state index in [-0.39, 0.29) is 18.9 Å². The van der Waals surface area contributed by atoms with Crippen molar-refractivity contribution in [3.63, 3.8) is 0 Å². The number of rotatable bonds is 4. The van der Waals surface area contributed by atoms with Crippen LogP contribution in [0.5, 0.6) is 0 Å². The number of nitrogens with zero attached hydrogens (tertiary/aromatic N) is 1. The maximum absolute atomic E-state index is 11.4. The molecule has 1 rings (SSSR count). The Morgan fingerprint density at radius 1 is 1.69 bits per heavy atom. The second kappa shape index (κ2) is 4.67. The fourth-order valence-corrected chi connectivity index (χ4v) is 0.972. The molecule has 1 N–H and O–H groups in total. The number of furan rings is 1. The van der Waals surface area contributed by atoms with Gasteiger partial charge in [0.2, 0.25) is 5.91 Å². The summed E-state index contributed by atoms with van der Waals surface area (Å²) in [6.07, 6.45) is 1.79. The Labute approximate surface area is 76.8 Å². The summed E-state index contributed by atoms with van der Waals surface area (Å²) in [5.41, 5.74) is 0. The van der Waals surface area contributed by atoms with E-state index in [2.05, 4.69) is 0 Å². The topological polar surface area (TPSA) is 53.7 Å². The van der Waals surface area contributed by atoms with Crippen molar-refractivity contribution < 1.29 is 14.3 Å². The van der Waals surface area contributed by atoms with Crippen LogP contribution >= 0.6 is 0 Å². The Balaban J connectivity index is 2.41. The highest BCUT2D eigenvalue weighted by Gasteiger charge is 2.09. The minimum absolute atomic E-state index is 0.0135. The van der Waals surface area contributed by atoms with Gasteiger partial charge in [-0.15, -0.1) is 0 Å². The van der Waals surface area contributed by atoms with Crippen LogP contribution in [0.15, 0.2) is 22.8 Å². The first kappa shape index (κ1) is 9.80. The number of hydrogen-bond donors (Lipinski definition) is 1. The van der Waals surface area contributed by atoms with E-state index in [4.69, 9.17) is 9.52 Å². The number of aliphatic hydroxyl groups excluding tert-OH is 1. The van der Waals surface area contributed by atoms with Crippen molar-refractivity contribution >= 4 is 5.91 Å². The van der Waals surface area contributed by atoms with Crippen molar-refractivity contribution in [2.75, 3.05) is 20.2 Å². The van der Waals surface area contributed by atoms with Crippen molar-refractivity contribution in [2.24, 2.45) is 0 Å². The van der Waals surface area contributed by atoms with Crippen LogP contribution in [-0.4, -0.2) is 36.1 Å². The lowest BCUT2D eigenvalue weighted by Crippen LogP contribution is -2.30. The molecule has 0 aliphatic rings. The minimum atomic E-state index is -0.0519. The molecule has 72 valence electrons. The van der Waals surface area contributed by atoms with Gasteiger partial charge in [0.1, 0.15) is 5.76 Å². The molecule has 0 atom stereocenters. The number of aliphatic hydroxyl groups is 1. The fraction of sp³-hybridized carbons (Fsp3) is 0.444. The van der Waals surface area contributed by atoms with Crippen LogP contribution < -0.4 is 0 Å².